The predicted octanol–water partition coefficient (Wildman–Crippen LogP) is 0.320. The van der Waals surface area contributed by atoms with Crippen LogP contribution in [0.2, 0.25) is 0 Å². The Bertz CT molecular complexity index is 153. The molecule has 0 amide bonds. The van der Waals surface area contributed by atoms with Crippen molar-refractivity contribution in [2.24, 2.45) is 0 Å². The van der Waals surface area contributed by atoms with Crippen LogP contribution in [-0.2, 0) is 0 Å². The van der Waals surface area contributed by atoms with E-state index in [0.29, 0.717) is 12.8 Å². The minimum Gasteiger partial charge on any atom is -0.324 e. The van der Waals surface area contributed by atoms with Crippen molar-refractivity contribution in [2.45, 2.75) is 18.6 Å². The molecule has 56 valence electrons. The summed E-state index contributed by atoms with van der Waals surface area (Å²) in [6, 6.07) is 0. The maximum absolute atomic E-state index is 9.42. The zero-order valence-electron chi connectivity index (χ0n) is 6.17. The fourth-order valence-corrected chi connectivity index (χ4v) is 1.09. The van der Waals surface area contributed by atoms with Crippen LogP contribution in [0.3, 0.4) is 0 Å². The Morgan fingerprint density at radius 2 is 2.00 bits per heavy atom. The monoisotopic (exact) mass is 140 g/mol. The van der Waals surface area contributed by atoms with Crippen LogP contribution in [0, 0.1) is 6.57 Å². The molecular weight excluding hydrogens is 128 g/mol. The summed E-state index contributed by atoms with van der Waals surface area (Å²) in [7, 11) is 2.00. The normalized spacial score (nSPS) is 25.7. The van der Waals surface area contributed by atoms with E-state index >= 15 is 0 Å². The molecule has 0 aromatic heterocycles. The molecule has 0 atom stereocenters. The van der Waals surface area contributed by atoms with Crippen LogP contribution in [0.15, 0.2) is 0 Å². The fourth-order valence-electron chi connectivity index (χ4n) is 1.09. The van der Waals surface area contributed by atoms with Gasteiger partial charge in [-0.2, -0.15) is 0 Å². The molecule has 1 aliphatic heterocycles. The first-order valence-electron chi connectivity index (χ1n) is 3.46. The highest BCUT2D eigenvalue weighted by Crippen LogP contribution is 2.21. The number of nitrogens with zero attached hydrogens (tertiary/aromatic N) is 2. The summed E-state index contributed by atoms with van der Waals surface area (Å²) in [5.41, 5.74) is -1.05. The highest BCUT2D eigenvalue weighted by atomic mass is 16.3. The van der Waals surface area contributed by atoms with E-state index in [1.165, 1.54) is 0 Å². The van der Waals surface area contributed by atoms with Crippen molar-refractivity contribution in [1.82, 2.24) is 4.90 Å². The van der Waals surface area contributed by atoms with Crippen molar-refractivity contribution in [3.05, 3.63) is 11.4 Å². The first-order chi connectivity index (χ1) is 4.66. The Labute approximate surface area is 61.1 Å². The van der Waals surface area contributed by atoms with Crippen molar-refractivity contribution >= 4 is 0 Å². The summed E-state index contributed by atoms with van der Waals surface area (Å²) >= 11 is 0. The second-order valence-electron chi connectivity index (χ2n) is 2.90. The van der Waals surface area contributed by atoms with Gasteiger partial charge in [0, 0.05) is 13.1 Å². The third-order valence-corrected chi connectivity index (χ3v) is 2.00. The molecule has 0 unspecified atom stereocenters. The number of aliphatic hydroxyl groups is 1. The van der Waals surface area contributed by atoms with Gasteiger partial charge in [-0.15, -0.1) is 0 Å². The van der Waals surface area contributed by atoms with E-state index in [1.807, 2.05) is 7.05 Å². The first kappa shape index (κ1) is 7.52. The first-order valence-corrected chi connectivity index (χ1v) is 3.46. The highest BCUT2D eigenvalue weighted by molar-refractivity contribution is 4.91. The van der Waals surface area contributed by atoms with Gasteiger partial charge in [0.25, 0.3) is 0 Å². The van der Waals surface area contributed by atoms with Crippen LogP contribution in [0.5, 0.6) is 0 Å². The second-order valence-corrected chi connectivity index (χ2v) is 2.90. The summed E-state index contributed by atoms with van der Waals surface area (Å²) < 4.78 is 0. The molecule has 1 saturated heterocycles. The Morgan fingerprint density at radius 1 is 1.50 bits per heavy atom. The van der Waals surface area contributed by atoms with Gasteiger partial charge in [0.1, 0.15) is 0 Å². The van der Waals surface area contributed by atoms with Gasteiger partial charge in [-0.3, -0.25) is 4.85 Å². The molecule has 10 heavy (non-hydrogen) atoms. The molecular formula is C7H12N2O. The van der Waals surface area contributed by atoms with Crippen LogP contribution >= 0.6 is 0 Å². The van der Waals surface area contributed by atoms with Crippen molar-refractivity contribution in [3.8, 4) is 0 Å². The van der Waals surface area contributed by atoms with Gasteiger partial charge in [0.15, 0.2) is 0 Å². The lowest BCUT2D eigenvalue weighted by Crippen LogP contribution is -2.40. The van der Waals surface area contributed by atoms with Crippen LogP contribution in [0.4, 0.5) is 0 Å². The van der Waals surface area contributed by atoms with Crippen LogP contribution in [0.25, 0.3) is 4.85 Å². The van der Waals surface area contributed by atoms with Gasteiger partial charge in [-0.1, -0.05) is 0 Å². The van der Waals surface area contributed by atoms with E-state index in [9.17, 15) is 5.11 Å². The largest absolute Gasteiger partial charge is 0.337 e. The Kier molecular flexibility index (Phi) is 1.93. The molecule has 0 bridgehead atoms. The number of hydrogen-bond acceptors (Lipinski definition) is 2. The molecule has 1 rings (SSSR count). The predicted molar refractivity (Wildman–Crippen MR) is 38.3 cm³/mol. The SMILES string of the molecule is [C-]#[N+]C1(O)CCN(C)CC1. The lowest BCUT2D eigenvalue weighted by atomic mass is 10.0. The topological polar surface area (TPSA) is 27.8 Å². The molecule has 1 heterocycles. The average molecular weight is 140 g/mol. The van der Waals surface area contributed by atoms with E-state index in [-0.39, 0.29) is 0 Å². The highest BCUT2D eigenvalue weighted by Gasteiger charge is 2.36. The molecule has 0 saturated carbocycles. The van der Waals surface area contributed by atoms with Crippen molar-refractivity contribution in [2.75, 3.05) is 20.1 Å². The fraction of sp³-hybridized carbons (Fsp3) is 0.857. The molecule has 0 radical (unpaired) electrons. The summed E-state index contributed by atoms with van der Waals surface area (Å²) in [5.74, 6) is 0. The van der Waals surface area contributed by atoms with E-state index in [4.69, 9.17) is 6.57 Å². The maximum atomic E-state index is 9.42. The molecule has 3 nitrogen and oxygen atoms in total. The molecule has 1 N–H and O–H groups in total. The third kappa shape index (κ3) is 1.47. The van der Waals surface area contributed by atoms with Gasteiger partial charge in [-0.25, -0.2) is 6.57 Å². The minimum absolute atomic E-state index is 0.590. The maximum Gasteiger partial charge on any atom is 0.337 e. The molecule has 1 fully saturated rings. The number of rotatable bonds is 0. The summed E-state index contributed by atoms with van der Waals surface area (Å²) in [4.78, 5) is 5.32. The number of likely N-dealkylation sites (tertiary alicyclic amines) is 1. The van der Waals surface area contributed by atoms with Gasteiger partial charge in [0.05, 0.1) is 12.8 Å². The minimum atomic E-state index is -1.05. The average Bonchev–Trinajstić information content (AvgIpc) is 1.96. The van der Waals surface area contributed by atoms with Gasteiger partial charge < -0.3 is 10.0 Å². The summed E-state index contributed by atoms with van der Waals surface area (Å²) in [5, 5.41) is 9.42. The zero-order valence-corrected chi connectivity index (χ0v) is 6.17. The third-order valence-electron chi connectivity index (χ3n) is 2.00. The van der Waals surface area contributed by atoms with Gasteiger partial charge >= 0.3 is 5.72 Å². The van der Waals surface area contributed by atoms with Gasteiger partial charge in [-0.05, 0) is 7.05 Å². The lowest BCUT2D eigenvalue weighted by Gasteiger charge is -2.27. The molecule has 0 aromatic rings. The molecule has 3 heteroatoms. The molecule has 1 aliphatic rings. The Morgan fingerprint density at radius 3 is 2.40 bits per heavy atom. The number of piperidine rings is 1. The summed E-state index contributed by atoms with van der Waals surface area (Å²) in [6.07, 6.45) is 1.18. The van der Waals surface area contributed by atoms with E-state index in [2.05, 4.69) is 9.74 Å². The van der Waals surface area contributed by atoms with E-state index < -0.39 is 5.72 Å². The van der Waals surface area contributed by atoms with Crippen LogP contribution in [-0.4, -0.2) is 35.9 Å². The second kappa shape index (κ2) is 2.57. The van der Waals surface area contributed by atoms with E-state index in [1.54, 1.807) is 0 Å². The van der Waals surface area contributed by atoms with Crippen molar-refractivity contribution in [3.63, 3.8) is 0 Å². The standard InChI is InChI=1S/C7H12N2O/c1-8-7(10)3-5-9(2)6-4-7/h10H,3-6H2,2H3. The Balaban J connectivity index is 2.48. The lowest BCUT2D eigenvalue weighted by molar-refractivity contribution is 0.0243. The molecule has 0 spiro atoms. The molecule has 0 aromatic carbocycles. The Hall–Kier alpha value is -0.590. The van der Waals surface area contributed by atoms with Crippen LogP contribution in [0.1, 0.15) is 12.8 Å². The van der Waals surface area contributed by atoms with Gasteiger partial charge in [0.2, 0.25) is 0 Å². The summed E-state index contributed by atoms with van der Waals surface area (Å²) in [6.45, 7) is 8.38. The van der Waals surface area contributed by atoms with E-state index in [0.717, 1.165) is 13.1 Å². The smallest absolute Gasteiger partial charge is 0.324 e. The zero-order chi connectivity index (χ0) is 7.61. The van der Waals surface area contributed by atoms with Crippen molar-refractivity contribution in [1.29, 1.82) is 0 Å². The number of hydrogen-bond donors (Lipinski definition) is 1. The van der Waals surface area contributed by atoms with Crippen molar-refractivity contribution < 1.29 is 5.11 Å². The quantitative estimate of drug-likeness (QED) is 0.491. The molecule has 0 aliphatic carbocycles. The van der Waals surface area contributed by atoms with Crippen LogP contribution < -0.4 is 0 Å².